The molecule has 1 aromatic carbocycles. The predicted octanol–water partition coefficient (Wildman–Crippen LogP) is 2.30. The van der Waals surface area contributed by atoms with E-state index in [4.69, 9.17) is 0 Å². The van der Waals surface area contributed by atoms with Gasteiger partial charge in [-0.25, -0.2) is 9.38 Å². The second-order valence-corrected chi connectivity index (χ2v) is 5.04. The van der Waals surface area contributed by atoms with Crippen LogP contribution in [0.2, 0.25) is 0 Å². The Balaban J connectivity index is 0.00000288. The molecule has 0 atom stereocenters. The number of aromatic nitrogens is 3. The molecule has 0 aliphatic carbocycles. The van der Waals surface area contributed by atoms with Crippen LogP contribution >= 0.6 is 24.0 Å². The highest BCUT2D eigenvalue weighted by atomic mass is 127. The number of rotatable bonds is 6. The molecule has 1 heterocycles. The van der Waals surface area contributed by atoms with E-state index in [1.165, 1.54) is 12.1 Å². The first-order valence-electron chi connectivity index (χ1n) is 7.32. The Bertz CT molecular complexity index is 698. The molecule has 2 rings (SSSR count). The zero-order chi connectivity index (χ0) is 16.7. The van der Waals surface area contributed by atoms with Crippen molar-refractivity contribution in [3.05, 3.63) is 59.9 Å². The average Bonchev–Trinajstić information content (AvgIpc) is 2.86. The summed E-state index contributed by atoms with van der Waals surface area (Å²) in [6.45, 7) is 7.01. The van der Waals surface area contributed by atoms with Crippen molar-refractivity contribution in [2.24, 2.45) is 12.0 Å². The number of aliphatic imine (C=N–C) groups is 1. The van der Waals surface area contributed by atoms with Crippen molar-refractivity contribution in [2.75, 3.05) is 6.54 Å². The topological polar surface area (TPSA) is 67.1 Å². The highest BCUT2D eigenvalue weighted by Crippen LogP contribution is 2.04. The molecule has 130 valence electrons. The van der Waals surface area contributed by atoms with Gasteiger partial charge in [-0.1, -0.05) is 18.2 Å². The lowest BCUT2D eigenvalue weighted by Crippen LogP contribution is -2.37. The third-order valence-corrected chi connectivity index (χ3v) is 3.32. The molecule has 0 bridgehead atoms. The Labute approximate surface area is 158 Å². The van der Waals surface area contributed by atoms with E-state index in [-0.39, 0.29) is 29.8 Å². The minimum atomic E-state index is -0.263. The van der Waals surface area contributed by atoms with E-state index in [1.54, 1.807) is 12.1 Å². The van der Waals surface area contributed by atoms with Crippen molar-refractivity contribution in [1.29, 1.82) is 0 Å². The fourth-order valence-electron chi connectivity index (χ4n) is 1.92. The van der Waals surface area contributed by atoms with E-state index in [1.807, 2.05) is 24.6 Å². The zero-order valence-electron chi connectivity index (χ0n) is 13.8. The summed E-state index contributed by atoms with van der Waals surface area (Å²) in [5.41, 5.74) is 0.805. The van der Waals surface area contributed by atoms with Crippen molar-refractivity contribution in [3.8, 4) is 0 Å². The molecule has 6 nitrogen and oxygen atoms in total. The molecule has 0 spiro atoms. The van der Waals surface area contributed by atoms with E-state index in [0.29, 0.717) is 25.6 Å². The van der Waals surface area contributed by atoms with Gasteiger partial charge in [0.25, 0.3) is 0 Å². The van der Waals surface area contributed by atoms with Gasteiger partial charge < -0.3 is 15.2 Å². The first-order valence-corrected chi connectivity index (χ1v) is 7.32. The number of nitrogens with one attached hydrogen (secondary N) is 2. The van der Waals surface area contributed by atoms with Crippen LogP contribution in [0.1, 0.15) is 17.2 Å². The first-order chi connectivity index (χ1) is 11.1. The summed E-state index contributed by atoms with van der Waals surface area (Å²) in [5, 5.41) is 14.4. The van der Waals surface area contributed by atoms with Gasteiger partial charge in [0.05, 0.1) is 13.1 Å². The molecule has 1 aromatic heterocycles. The minimum absolute atomic E-state index is 0. The van der Waals surface area contributed by atoms with Gasteiger partial charge in [-0.15, -0.1) is 40.8 Å². The first kappa shape index (κ1) is 20.1. The van der Waals surface area contributed by atoms with E-state index in [2.05, 4.69) is 32.4 Å². The van der Waals surface area contributed by atoms with Crippen LogP contribution in [-0.4, -0.2) is 27.3 Å². The van der Waals surface area contributed by atoms with Crippen molar-refractivity contribution < 1.29 is 4.39 Å². The Morgan fingerprint density at radius 3 is 2.79 bits per heavy atom. The zero-order valence-corrected chi connectivity index (χ0v) is 16.1. The highest BCUT2D eigenvalue weighted by molar-refractivity contribution is 14.0. The van der Waals surface area contributed by atoms with Gasteiger partial charge in [0, 0.05) is 13.6 Å². The van der Waals surface area contributed by atoms with Crippen LogP contribution in [-0.2, 0) is 20.1 Å². The second kappa shape index (κ2) is 10.0. The number of halogens is 2. The molecule has 2 aromatic rings. The third kappa shape index (κ3) is 5.91. The Morgan fingerprint density at radius 1 is 1.38 bits per heavy atom. The molecule has 2 N–H and O–H groups in total. The summed E-state index contributed by atoms with van der Waals surface area (Å²) in [6, 6.07) is 6.40. The molecule has 0 aliphatic rings. The van der Waals surface area contributed by atoms with Gasteiger partial charge in [-0.05, 0) is 24.6 Å². The monoisotopic (exact) mass is 444 g/mol. The molecule has 0 unspecified atom stereocenters. The van der Waals surface area contributed by atoms with Crippen LogP contribution in [0.5, 0.6) is 0 Å². The quantitative estimate of drug-likeness (QED) is 0.311. The molecule has 24 heavy (non-hydrogen) atoms. The lowest BCUT2D eigenvalue weighted by Gasteiger charge is -2.11. The van der Waals surface area contributed by atoms with Gasteiger partial charge in [0.15, 0.2) is 11.8 Å². The largest absolute Gasteiger partial charge is 0.353 e. The molecule has 8 heteroatoms. The molecule has 0 amide bonds. The van der Waals surface area contributed by atoms with Gasteiger partial charge in [-0.2, -0.15) is 0 Å². The van der Waals surface area contributed by atoms with Crippen LogP contribution in [0.15, 0.2) is 41.9 Å². The van der Waals surface area contributed by atoms with Gasteiger partial charge in [0.2, 0.25) is 0 Å². The number of nitrogens with zero attached hydrogens (tertiary/aromatic N) is 4. The van der Waals surface area contributed by atoms with Gasteiger partial charge >= 0.3 is 0 Å². The molecular weight excluding hydrogens is 422 g/mol. The second-order valence-electron chi connectivity index (χ2n) is 5.04. The summed E-state index contributed by atoms with van der Waals surface area (Å²) in [6.07, 6.45) is 1.74. The number of guanidine groups is 1. The SMILES string of the molecule is C=CCNC(=NCc1cccc(F)c1)NCc1nnc(C)n1C.I. The number of benzene rings is 1. The fraction of sp³-hybridized carbons (Fsp3) is 0.312. The van der Waals surface area contributed by atoms with Crippen molar-refractivity contribution in [3.63, 3.8) is 0 Å². The summed E-state index contributed by atoms with van der Waals surface area (Å²) < 4.78 is 15.1. The standard InChI is InChI=1S/C16H21FN6.HI/c1-4-8-18-16(19-10-13-6-5-7-14(17)9-13)20-11-15-22-21-12(2)23(15)3;/h4-7,9H,1,8,10-11H2,2-3H3,(H2,18,19,20);1H. The highest BCUT2D eigenvalue weighted by Gasteiger charge is 2.06. The Kier molecular flexibility index (Phi) is 8.37. The summed E-state index contributed by atoms with van der Waals surface area (Å²) in [4.78, 5) is 4.45. The van der Waals surface area contributed by atoms with Crippen molar-refractivity contribution in [1.82, 2.24) is 25.4 Å². The Morgan fingerprint density at radius 2 is 2.17 bits per heavy atom. The molecule has 0 saturated heterocycles. The number of aryl methyl sites for hydroxylation is 1. The Hall–Kier alpha value is -1.97. The molecule has 0 aliphatic heterocycles. The molecule has 0 fully saturated rings. The molecular formula is C16H22FIN6. The van der Waals surface area contributed by atoms with Crippen LogP contribution in [0.25, 0.3) is 0 Å². The van der Waals surface area contributed by atoms with Gasteiger partial charge in [-0.3, -0.25) is 0 Å². The maximum Gasteiger partial charge on any atom is 0.192 e. The van der Waals surface area contributed by atoms with E-state index in [0.717, 1.165) is 17.2 Å². The number of hydrogen-bond acceptors (Lipinski definition) is 3. The van der Waals surface area contributed by atoms with Crippen LogP contribution in [0.4, 0.5) is 4.39 Å². The normalized spacial score (nSPS) is 10.9. The number of hydrogen-bond donors (Lipinski definition) is 2. The molecule has 0 saturated carbocycles. The maximum atomic E-state index is 13.2. The van der Waals surface area contributed by atoms with Crippen LogP contribution < -0.4 is 10.6 Å². The lowest BCUT2D eigenvalue weighted by molar-refractivity contribution is 0.625. The maximum absolute atomic E-state index is 13.2. The molecule has 0 radical (unpaired) electrons. The predicted molar refractivity (Wildman–Crippen MR) is 104 cm³/mol. The van der Waals surface area contributed by atoms with Crippen LogP contribution in [0.3, 0.4) is 0 Å². The minimum Gasteiger partial charge on any atom is -0.353 e. The van der Waals surface area contributed by atoms with Crippen LogP contribution in [0, 0.1) is 12.7 Å². The smallest absolute Gasteiger partial charge is 0.192 e. The van der Waals surface area contributed by atoms with Crippen molar-refractivity contribution in [2.45, 2.75) is 20.0 Å². The average molecular weight is 444 g/mol. The van der Waals surface area contributed by atoms with Gasteiger partial charge in [0.1, 0.15) is 11.6 Å². The van der Waals surface area contributed by atoms with Crippen molar-refractivity contribution >= 4 is 29.9 Å². The fourth-order valence-corrected chi connectivity index (χ4v) is 1.92. The summed E-state index contributed by atoms with van der Waals surface area (Å²) >= 11 is 0. The van der Waals surface area contributed by atoms with E-state index in [9.17, 15) is 4.39 Å². The lowest BCUT2D eigenvalue weighted by atomic mass is 10.2. The van der Waals surface area contributed by atoms with E-state index < -0.39 is 0 Å². The summed E-state index contributed by atoms with van der Waals surface area (Å²) in [7, 11) is 1.91. The third-order valence-electron chi connectivity index (χ3n) is 3.32. The van der Waals surface area contributed by atoms with E-state index >= 15 is 0 Å². The summed E-state index contributed by atoms with van der Waals surface area (Å²) in [5.74, 6) is 2.00.